The quantitative estimate of drug-likeness (QED) is 0.651. The zero-order valence-corrected chi connectivity index (χ0v) is 17.8. The van der Waals surface area contributed by atoms with Crippen LogP contribution < -0.4 is 5.56 Å². The van der Waals surface area contributed by atoms with Gasteiger partial charge in [0, 0.05) is 12.2 Å². The molecule has 0 atom stereocenters. The smallest absolute Gasteiger partial charge is 0.264 e. The van der Waals surface area contributed by atoms with Crippen molar-refractivity contribution in [3.63, 3.8) is 0 Å². The molecule has 1 aromatic carbocycles. The van der Waals surface area contributed by atoms with Crippen molar-refractivity contribution in [2.75, 3.05) is 6.54 Å². The molecule has 3 aromatic rings. The number of nitrogens with zero attached hydrogens (tertiary/aromatic N) is 5. The summed E-state index contributed by atoms with van der Waals surface area (Å²) in [5.41, 5.74) is 4.41. The Morgan fingerprint density at radius 3 is 2.60 bits per heavy atom. The molecule has 0 radical (unpaired) electrons. The predicted octanol–water partition coefficient (Wildman–Crippen LogP) is 3.51. The number of hydrogen-bond acceptors (Lipinski definition) is 4. The lowest BCUT2D eigenvalue weighted by Gasteiger charge is -2.26. The number of benzene rings is 1. The Labute approximate surface area is 175 Å². The third kappa shape index (κ3) is 3.79. The van der Waals surface area contributed by atoms with Gasteiger partial charge >= 0.3 is 0 Å². The van der Waals surface area contributed by atoms with Crippen LogP contribution in [0.15, 0.2) is 47.3 Å². The number of carbonyl (C=O) groups is 1. The molecule has 1 aliphatic rings. The number of amides is 1. The van der Waals surface area contributed by atoms with E-state index in [0.29, 0.717) is 17.6 Å². The lowest BCUT2D eigenvalue weighted by molar-refractivity contribution is -0.130. The van der Waals surface area contributed by atoms with E-state index in [1.165, 1.54) is 23.5 Å². The van der Waals surface area contributed by atoms with Gasteiger partial charge < -0.3 is 4.90 Å². The standard InChI is InChI=1S/C23H27N5O2/c1-4-27(18-8-6-5-7-9-18)21(29)14-26-15-24-22-20(23(26)30)13-25-28(22)19-11-16(2)10-17(3)12-19/h8,10-13,15H,4-7,9,14H2,1-3H3. The molecule has 0 spiro atoms. The molecule has 0 saturated carbocycles. The highest BCUT2D eigenvalue weighted by Gasteiger charge is 2.20. The second kappa shape index (κ2) is 8.26. The van der Waals surface area contributed by atoms with E-state index in [-0.39, 0.29) is 18.0 Å². The Kier molecular flexibility index (Phi) is 5.53. The largest absolute Gasteiger partial charge is 0.315 e. The van der Waals surface area contributed by atoms with Crippen LogP contribution in [0, 0.1) is 13.8 Å². The maximum absolute atomic E-state index is 13.0. The number of aromatic nitrogens is 4. The van der Waals surface area contributed by atoms with Gasteiger partial charge in [0.25, 0.3) is 5.56 Å². The van der Waals surface area contributed by atoms with Gasteiger partial charge in [0.2, 0.25) is 5.91 Å². The van der Waals surface area contributed by atoms with E-state index in [9.17, 15) is 9.59 Å². The summed E-state index contributed by atoms with van der Waals surface area (Å²) in [7, 11) is 0. The molecular weight excluding hydrogens is 378 g/mol. The maximum Gasteiger partial charge on any atom is 0.264 e. The lowest BCUT2D eigenvalue weighted by Crippen LogP contribution is -2.36. The highest BCUT2D eigenvalue weighted by atomic mass is 16.2. The van der Waals surface area contributed by atoms with E-state index >= 15 is 0 Å². The highest BCUT2D eigenvalue weighted by molar-refractivity contribution is 5.79. The third-order valence-electron chi connectivity index (χ3n) is 5.54. The number of likely N-dealkylation sites (N-methyl/N-ethyl adjacent to an activating group) is 1. The number of rotatable bonds is 5. The maximum atomic E-state index is 13.0. The predicted molar refractivity (Wildman–Crippen MR) is 117 cm³/mol. The molecule has 4 rings (SSSR count). The van der Waals surface area contributed by atoms with E-state index in [1.807, 2.05) is 32.9 Å². The van der Waals surface area contributed by atoms with Crippen molar-refractivity contribution < 1.29 is 4.79 Å². The van der Waals surface area contributed by atoms with Crippen LogP contribution in [0.1, 0.15) is 43.7 Å². The molecule has 156 valence electrons. The summed E-state index contributed by atoms with van der Waals surface area (Å²) >= 11 is 0. The van der Waals surface area contributed by atoms with Crippen LogP contribution in [0.2, 0.25) is 0 Å². The fourth-order valence-electron chi connectivity index (χ4n) is 4.16. The molecule has 1 aliphatic carbocycles. The van der Waals surface area contributed by atoms with Crippen LogP contribution >= 0.6 is 0 Å². The Hall–Kier alpha value is -3.22. The van der Waals surface area contributed by atoms with E-state index in [2.05, 4.69) is 22.2 Å². The molecule has 0 N–H and O–H groups in total. The van der Waals surface area contributed by atoms with Crippen molar-refractivity contribution in [1.29, 1.82) is 0 Å². The van der Waals surface area contributed by atoms with Crippen molar-refractivity contribution in [1.82, 2.24) is 24.2 Å². The Balaban J connectivity index is 1.65. The summed E-state index contributed by atoms with van der Waals surface area (Å²) in [6.45, 7) is 6.58. The lowest BCUT2D eigenvalue weighted by atomic mass is 10.0. The number of aryl methyl sites for hydroxylation is 2. The first-order valence-electron chi connectivity index (χ1n) is 10.5. The summed E-state index contributed by atoms with van der Waals surface area (Å²) in [6, 6.07) is 6.10. The summed E-state index contributed by atoms with van der Waals surface area (Å²) in [4.78, 5) is 32.2. The van der Waals surface area contributed by atoms with Crippen molar-refractivity contribution in [2.24, 2.45) is 0 Å². The summed E-state index contributed by atoms with van der Waals surface area (Å²) in [6.07, 6.45) is 9.30. The van der Waals surface area contributed by atoms with Crippen molar-refractivity contribution in [2.45, 2.75) is 53.0 Å². The van der Waals surface area contributed by atoms with Crippen LogP contribution in [-0.4, -0.2) is 36.7 Å². The zero-order valence-electron chi connectivity index (χ0n) is 17.8. The van der Waals surface area contributed by atoms with Gasteiger partial charge in [-0.2, -0.15) is 5.10 Å². The van der Waals surface area contributed by atoms with Gasteiger partial charge in [-0.3, -0.25) is 14.2 Å². The first kappa shape index (κ1) is 20.1. The minimum Gasteiger partial charge on any atom is -0.315 e. The van der Waals surface area contributed by atoms with Crippen molar-refractivity contribution in [3.8, 4) is 5.69 Å². The van der Waals surface area contributed by atoms with Crippen LogP contribution in [0.4, 0.5) is 0 Å². The van der Waals surface area contributed by atoms with Crippen molar-refractivity contribution >= 4 is 16.9 Å². The zero-order chi connectivity index (χ0) is 21.3. The monoisotopic (exact) mass is 405 g/mol. The average molecular weight is 406 g/mol. The Morgan fingerprint density at radius 1 is 1.17 bits per heavy atom. The molecule has 7 nitrogen and oxygen atoms in total. The number of allylic oxidation sites excluding steroid dienone is 2. The molecule has 2 heterocycles. The molecule has 2 aromatic heterocycles. The van der Waals surface area contributed by atoms with E-state index < -0.39 is 0 Å². The molecule has 7 heteroatoms. The summed E-state index contributed by atoms with van der Waals surface area (Å²) in [5, 5.41) is 4.80. The molecule has 30 heavy (non-hydrogen) atoms. The van der Waals surface area contributed by atoms with Crippen molar-refractivity contribution in [3.05, 3.63) is 64.0 Å². The minimum atomic E-state index is -0.252. The normalized spacial score (nSPS) is 14.0. The van der Waals surface area contributed by atoms with Crippen LogP contribution in [0.25, 0.3) is 16.7 Å². The van der Waals surface area contributed by atoms with Crippen LogP contribution in [-0.2, 0) is 11.3 Å². The molecular formula is C23H27N5O2. The summed E-state index contributed by atoms with van der Waals surface area (Å²) < 4.78 is 3.05. The number of hydrogen-bond donors (Lipinski definition) is 0. The van der Waals surface area contributed by atoms with Gasteiger partial charge in [0.05, 0.1) is 11.9 Å². The average Bonchev–Trinajstić information content (AvgIpc) is 3.16. The van der Waals surface area contributed by atoms with Crippen LogP contribution in [0.3, 0.4) is 0 Å². The Morgan fingerprint density at radius 2 is 1.93 bits per heavy atom. The molecule has 0 fully saturated rings. The molecule has 0 bridgehead atoms. The fraction of sp³-hybridized carbons (Fsp3) is 0.391. The topological polar surface area (TPSA) is 73.0 Å². The Bertz CT molecular complexity index is 1170. The molecule has 0 saturated heterocycles. The number of fused-ring (bicyclic) bond motifs is 1. The fourth-order valence-corrected chi connectivity index (χ4v) is 4.16. The molecule has 0 unspecified atom stereocenters. The van der Waals surface area contributed by atoms with E-state index in [1.54, 1.807) is 9.58 Å². The van der Waals surface area contributed by atoms with Gasteiger partial charge in [-0.05, 0) is 69.7 Å². The minimum absolute atomic E-state index is 0.0261. The second-order valence-corrected chi connectivity index (χ2v) is 7.90. The van der Waals surface area contributed by atoms with Gasteiger partial charge in [-0.25, -0.2) is 9.67 Å². The van der Waals surface area contributed by atoms with Gasteiger partial charge in [-0.1, -0.05) is 12.1 Å². The van der Waals surface area contributed by atoms with Gasteiger partial charge in [0.15, 0.2) is 5.65 Å². The SMILES string of the molecule is CCN(C(=O)Cn1cnc2c(cnn2-c2cc(C)cc(C)c2)c1=O)C1=CCCCC1. The first-order chi connectivity index (χ1) is 14.5. The van der Waals surface area contributed by atoms with Crippen LogP contribution in [0.5, 0.6) is 0 Å². The second-order valence-electron chi connectivity index (χ2n) is 7.90. The van der Waals surface area contributed by atoms with E-state index in [4.69, 9.17) is 0 Å². The highest BCUT2D eigenvalue weighted by Crippen LogP contribution is 2.21. The number of carbonyl (C=O) groups excluding carboxylic acids is 1. The van der Waals surface area contributed by atoms with Gasteiger partial charge in [0.1, 0.15) is 18.3 Å². The van der Waals surface area contributed by atoms with Gasteiger partial charge in [-0.15, -0.1) is 0 Å². The first-order valence-corrected chi connectivity index (χ1v) is 10.5. The van der Waals surface area contributed by atoms with E-state index in [0.717, 1.165) is 41.8 Å². The summed E-state index contributed by atoms with van der Waals surface area (Å²) in [5.74, 6) is -0.0874. The molecule has 1 amide bonds. The molecule has 0 aliphatic heterocycles. The third-order valence-corrected chi connectivity index (χ3v) is 5.54.